The van der Waals surface area contributed by atoms with Gasteiger partial charge in [0.2, 0.25) is 0 Å². The number of ether oxygens (including phenoxy) is 1. The van der Waals surface area contributed by atoms with Crippen LogP contribution in [0.5, 0.6) is 0 Å². The largest absolute Gasteiger partial charge is 0.462 e. The summed E-state index contributed by atoms with van der Waals surface area (Å²) in [5.41, 5.74) is 3.00. The van der Waals surface area contributed by atoms with E-state index in [1.165, 1.54) is 18.9 Å². The molecule has 0 radical (unpaired) electrons. The Morgan fingerprint density at radius 2 is 2.09 bits per heavy atom. The van der Waals surface area contributed by atoms with Crippen molar-refractivity contribution in [1.29, 1.82) is 0 Å². The molecule has 0 aromatic rings. The maximum absolute atomic E-state index is 11.7. The normalized spacial score (nSPS) is 42.1. The number of Topliss-reactive ketones (excluding diaryl/α,β-unsaturated/α-hetero) is 1. The number of ketones is 1. The summed E-state index contributed by atoms with van der Waals surface area (Å²) in [5, 5.41) is 0. The number of carbonyl (C=O) groups is 2. The summed E-state index contributed by atoms with van der Waals surface area (Å²) >= 11 is 0. The lowest BCUT2D eigenvalue weighted by Crippen LogP contribution is -2.45. The SMILES string of the molecule is CC(=O)O[C@H]1CCC2C3C=CC4=C(CCC(=O)C4)C3CC[C@@]21C. The fourth-order valence-corrected chi connectivity index (χ4v) is 5.88. The van der Waals surface area contributed by atoms with Gasteiger partial charge in [0.25, 0.3) is 0 Å². The first-order valence-corrected chi connectivity index (χ1v) is 9.08. The standard InChI is InChI=1S/C20H26O3/c1-12(21)23-19-8-7-18-17-5-3-13-11-14(22)4-6-15(13)16(17)9-10-20(18,19)2/h3,5,16-19H,4,6-11H2,1-2H3/t16?,17?,18?,19-,20-/m0/s1. The van der Waals surface area contributed by atoms with Gasteiger partial charge >= 0.3 is 5.97 Å². The van der Waals surface area contributed by atoms with Crippen LogP contribution in [0.2, 0.25) is 0 Å². The van der Waals surface area contributed by atoms with E-state index in [4.69, 9.17) is 4.74 Å². The van der Waals surface area contributed by atoms with E-state index in [1.807, 2.05) is 0 Å². The van der Waals surface area contributed by atoms with Gasteiger partial charge in [-0.15, -0.1) is 0 Å². The number of carbonyl (C=O) groups excluding carboxylic acids is 2. The predicted octanol–water partition coefficient (Wildman–Crippen LogP) is 3.98. The minimum Gasteiger partial charge on any atom is -0.462 e. The third-order valence-electron chi connectivity index (χ3n) is 6.99. The average Bonchev–Trinajstić information content (AvgIpc) is 2.83. The van der Waals surface area contributed by atoms with Crippen LogP contribution in [0.1, 0.15) is 58.8 Å². The van der Waals surface area contributed by atoms with Crippen LogP contribution >= 0.6 is 0 Å². The zero-order chi connectivity index (χ0) is 16.2. The van der Waals surface area contributed by atoms with E-state index in [1.54, 1.807) is 5.57 Å². The van der Waals surface area contributed by atoms with E-state index in [9.17, 15) is 9.59 Å². The molecule has 2 saturated carbocycles. The Morgan fingerprint density at radius 1 is 1.26 bits per heavy atom. The molecule has 5 atom stereocenters. The predicted molar refractivity (Wildman–Crippen MR) is 87.6 cm³/mol. The molecule has 0 N–H and O–H groups in total. The molecule has 3 nitrogen and oxygen atoms in total. The molecule has 0 saturated heterocycles. The first-order chi connectivity index (χ1) is 11.0. The Morgan fingerprint density at radius 3 is 2.87 bits per heavy atom. The van der Waals surface area contributed by atoms with Crippen molar-refractivity contribution < 1.29 is 14.3 Å². The molecule has 3 heteroatoms. The summed E-state index contributed by atoms with van der Waals surface area (Å²) < 4.78 is 5.66. The van der Waals surface area contributed by atoms with Crippen LogP contribution < -0.4 is 0 Å². The number of allylic oxidation sites excluding steroid dienone is 4. The number of hydrogen-bond acceptors (Lipinski definition) is 3. The molecule has 0 bridgehead atoms. The first kappa shape index (κ1) is 15.2. The Kier molecular flexibility index (Phi) is 3.51. The molecular formula is C20H26O3. The van der Waals surface area contributed by atoms with Crippen molar-refractivity contribution >= 4 is 11.8 Å². The van der Waals surface area contributed by atoms with Crippen molar-refractivity contribution in [2.24, 2.45) is 23.2 Å². The van der Waals surface area contributed by atoms with Gasteiger partial charge in [0, 0.05) is 25.2 Å². The molecule has 0 aromatic carbocycles. The summed E-state index contributed by atoms with van der Waals surface area (Å²) in [5.74, 6) is 2.05. The summed E-state index contributed by atoms with van der Waals surface area (Å²) in [6, 6.07) is 0. The number of rotatable bonds is 1. The Bertz CT molecular complexity index is 614. The van der Waals surface area contributed by atoms with Crippen LogP contribution in [-0.2, 0) is 14.3 Å². The molecule has 2 fully saturated rings. The van der Waals surface area contributed by atoms with Gasteiger partial charge < -0.3 is 4.74 Å². The van der Waals surface area contributed by atoms with Crippen LogP contribution in [-0.4, -0.2) is 17.9 Å². The molecule has 4 rings (SSSR count). The van der Waals surface area contributed by atoms with E-state index in [2.05, 4.69) is 19.1 Å². The molecule has 0 aromatic heterocycles. The van der Waals surface area contributed by atoms with Crippen molar-refractivity contribution in [3.05, 3.63) is 23.3 Å². The minimum atomic E-state index is -0.144. The highest BCUT2D eigenvalue weighted by Crippen LogP contribution is 2.60. The molecule has 0 amide bonds. The molecule has 4 aliphatic carbocycles. The topological polar surface area (TPSA) is 43.4 Å². The lowest BCUT2D eigenvalue weighted by molar-refractivity contribution is -0.154. The van der Waals surface area contributed by atoms with Gasteiger partial charge in [0.1, 0.15) is 11.9 Å². The highest BCUT2D eigenvalue weighted by Gasteiger charge is 2.55. The zero-order valence-electron chi connectivity index (χ0n) is 14.1. The lowest BCUT2D eigenvalue weighted by Gasteiger charge is -2.49. The van der Waals surface area contributed by atoms with Gasteiger partial charge in [-0.1, -0.05) is 24.6 Å². The third-order valence-corrected chi connectivity index (χ3v) is 6.99. The van der Waals surface area contributed by atoms with E-state index in [0.717, 1.165) is 32.1 Å². The number of fused-ring (bicyclic) bond motifs is 4. The molecule has 23 heavy (non-hydrogen) atoms. The first-order valence-electron chi connectivity index (χ1n) is 9.08. The van der Waals surface area contributed by atoms with E-state index >= 15 is 0 Å². The van der Waals surface area contributed by atoms with Crippen molar-refractivity contribution in [2.75, 3.05) is 0 Å². The Balaban J connectivity index is 1.60. The molecule has 3 unspecified atom stereocenters. The second kappa shape index (κ2) is 5.32. The van der Waals surface area contributed by atoms with Gasteiger partial charge in [0.15, 0.2) is 0 Å². The van der Waals surface area contributed by atoms with Crippen molar-refractivity contribution in [2.45, 2.75) is 64.9 Å². The monoisotopic (exact) mass is 314 g/mol. The Hall–Kier alpha value is -1.38. The van der Waals surface area contributed by atoms with E-state index in [-0.39, 0.29) is 17.5 Å². The maximum atomic E-state index is 11.7. The summed E-state index contributed by atoms with van der Waals surface area (Å²) in [7, 11) is 0. The number of esters is 1. The average molecular weight is 314 g/mol. The number of hydrogen-bond donors (Lipinski definition) is 0. The molecule has 0 aliphatic heterocycles. The van der Waals surface area contributed by atoms with Crippen molar-refractivity contribution in [3.8, 4) is 0 Å². The van der Waals surface area contributed by atoms with Gasteiger partial charge in [-0.2, -0.15) is 0 Å². The van der Waals surface area contributed by atoms with Crippen LogP contribution in [0.15, 0.2) is 23.3 Å². The summed E-state index contributed by atoms with van der Waals surface area (Å²) in [4.78, 5) is 23.2. The minimum absolute atomic E-state index is 0.0858. The third kappa shape index (κ3) is 2.31. The second-order valence-electron chi connectivity index (χ2n) is 8.14. The molecule has 0 heterocycles. The highest BCUT2D eigenvalue weighted by molar-refractivity contribution is 5.83. The lowest BCUT2D eigenvalue weighted by atomic mass is 9.56. The summed E-state index contributed by atoms with van der Waals surface area (Å²) in [6.45, 7) is 3.86. The van der Waals surface area contributed by atoms with Gasteiger partial charge in [-0.3, -0.25) is 9.59 Å². The smallest absolute Gasteiger partial charge is 0.302 e. The highest BCUT2D eigenvalue weighted by atomic mass is 16.5. The Labute approximate surface area is 138 Å². The van der Waals surface area contributed by atoms with E-state index < -0.39 is 0 Å². The van der Waals surface area contributed by atoms with E-state index in [0.29, 0.717) is 30.0 Å². The van der Waals surface area contributed by atoms with Crippen LogP contribution in [0.4, 0.5) is 0 Å². The second-order valence-corrected chi connectivity index (χ2v) is 8.14. The van der Waals surface area contributed by atoms with Gasteiger partial charge in [-0.05, 0) is 55.4 Å². The molecule has 124 valence electrons. The molecule has 0 spiro atoms. The summed E-state index contributed by atoms with van der Waals surface area (Å²) in [6.07, 6.45) is 11.5. The van der Waals surface area contributed by atoms with Crippen LogP contribution in [0.3, 0.4) is 0 Å². The fraction of sp³-hybridized carbons (Fsp3) is 0.700. The van der Waals surface area contributed by atoms with Crippen LogP contribution in [0, 0.1) is 23.2 Å². The van der Waals surface area contributed by atoms with Crippen molar-refractivity contribution in [3.63, 3.8) is 0 Å². The fourth-order valence-electron chi connectivity index (χ4n) is 5.88. The van der Waals surface area contributed by atoms with Gasteiger partial charge in [0.05, 0.1) is 0 Å². The maximum Gasteiger partial charge on any atom is 0.302 e. The van der Waals surface area contributed by atoms with Gasteiger partial charge in [-0.25, -0.2) is 0 Å². The van der Waals surface area contributed by atoms with Crippen LogP contribution in [0.25, 0.3) is 0 Å². The quantitative estimate of drug-likeness (QED) is 0.688. The zero-order valence-corrected chi connectivity index (χ0v) is 14.1. The molecular weight excluding hydrogens is 288 g/mol. The molecule has 4 aliphatic rings. The van der Waals surface area contributed by atoms with Crippen molar-refractivity contribution in [1.82, 2.24) is 0 Å².